The van der Waals surface area contributed by atoms with Gasteiger partial charge in [-0.25, -0.2) is 0 Å². The molecule has 0 spiro atoms. The van der Waals surface area contributed by atoms with Crippen molar-refractivity contribution < 1.29 is 9.21 Å². The van der Waals surface area contributed by atoms with Crippen molar-refractivity contribution in [1.82, 2.24) is 5.32 Å². The highest BCUT2D eigenvalue weighted by Crippen LogP contribution is 2.07. The predicted molar refractivity (Wildman–Crippen MR) is 36.6 cm³/mol. The summed E-state index contributed by atoms with van der Waals surface area (Å²) in [6.07, 6.45) is 2.81. The monoisotopic (exact) mass is 138 g/mol. The first-order valence-electron chi connectivity index (χ1n) is 2.86. The second-order valence-electron chi connectivity index (χ2n) is 1.89. The molecule has 1 aromatic heterocycles. The molecule has 3 heteroatoms. The Kier molecular flexibility index (Phi) is 1.76. The fraction of sp³-hybridized carbons (Fsp3) is 0.143. The fourth-order valence-electron chi connectivity index (χ4n) is 0.657. The summed E-state index contributed by atoms with van der Waals surface area (Å²) >= 11 is 0. The van der Waals surface area contributed by atoms with Crippen molar-refractivity contribution in [3.8, 4) is 0 Å². The molecule has 0 saturated heterocycles. The zero-order valence-electron chi connectivity index (χ0n) is 5.68. The van der Waals surface area contributed by atoms with Crippen molar-refractivity contribution in [3.63, 3.8) is 0 Å². The van der Waals surface area contributed by atoms with Crippen LogP contribution in [-0.4, -0.2) is 13.0 Å². The van der Waals surface area contributed by atoms with E-state index < -0.39 is 0 Å². The smallest absolute Gasteiger partial charge is 0.254 e. The van der Waals surface area contributed by atoms with Gasteiger partial charge in [0.1, 0.15) is 6.26 Å². The highest BCUT2D eigenvalue weighted by atomic mass is 16.3. The number of carbonyl (C=O) groups is 1. The van der Waals surface area contributed by atoms with E-state index >= 15 is 0 Å². The first kappa shape index (κ1) is 6.86. The molecule has 1 rings (SSSR count). The van der Waals surface area contributed by atoms with E-state index in [9.17, 15) is 4.79 Å². The molecule has 0 unspecified atom stereocenters. The summed E-state index contributed by atoms with van der Waals surface area (Å²) in [6, 6.07) is 0. The van der Waals surface area contributed by atoms with Crippen LogP contribution in [0.15, 0.2) is 16.9 Å². The summed E-state index contributed by atoms with van der Waals surface area (Å²) in [6.45, 7) is 3.59. The van der Waals surface area contributed by atoms with Crippen molar-refractivity contribution in [3.05, 3.63) is 30.6 Å². The molecule has 1 amide bonds. The van der Waals surface area contributed by atoms with E-state index in [4.69, 9.17) is 4.42 Å². The molecule has 0 saturated carbocycles. The Morgan fingerprint density at radius 1 is 1.70 bits per heavy atom. The van der Waals surface area contributed by atoms with E-state index in [1.165, 1.54) is 12.5 Å². The average Bonchev–Trinajstić information content (AvgIpc) is 2.34. The Labute approximate surface area is 59.0 Å². The maximum Gasteiger partial charge on any atom is 0.254 e. The third-order valence-electron chi connectivity index (χ3n) is 1.21. The maximum absolute atomic E-state index is 10.9. The first-order chi connectivity index (χ1) is 4.75. The van der Waals surface area contributed by atoms with Gasteiger partial charge in [-0.2, -0.15) is 0 Å². The molecule has 0 bridgehead atoms. The SMILES string of the molecule is [CH2]c1cocc1C(=O)NC. The van der Waals surface area contributed by atoms with Crippen LogP contribution in [-0.2, 0) is 0 Å². The third kappa shape index (κ3) is 1.03. The highest BCUT2D eigenvalue weighted by Gasteiger charge is 2.07. The number of rotatable bonds is 1. The van der Waals surface area contributed by atoms with Crippen molar-refractivity contribution in [1.29, 1.82) is 0 Å². The number of hydrogen-bond acceptors (Lipinski definition) is 2. The molecule has 0 aromatic carbocycles. The molecule has 10 heavy (non-hydrogen) atoms. The van der Waals surface area contributed by atoms with Crippen LogP contribution in [0.5, 0.6) is 0 Å². The Hall–Kier alpha value is -1.25. The summed E-state index contributed by atoms with van der Waals surface area (Å²) in [5.41, 5.74) is 1.10. The minimum absolute atomic E-state index is 0.168. The number of carbonyl (C=O) groups excluding carboxylic acids is 1. The molecule has 1 aromatic rings. The molecular weight excluding hydrogens is 130 g/mol. The van der Waals surface area contributed by atoms with E-state index in [0.717, 1.165) is 0 Å². The normalized spacial score (nSPS) is 9.40. The van der Waals surface area contributed by atoms with Gasteiger partial charge in [0.2, 0.25) is 0 Å². The fourth-order valence-corrected chi connectivity index (χ4v) is 0.657. The third-order valence-corrected chi connectivity index (χ3v) is 1.21. The Morgan fingerprint density at radius 3 is 2.80 bits per heavy atom. The van der Waals surface area contributed by atoms with Crippen LogP contribution in [0.2, 0.25) is 0 Å². The molecule has 0 aliphatic carbocycles. The summed E-state index contributed by atoms with van der Waals surface area (Å²) in [4.78, 5) is 10.9. The number of furan rings is 1. The molecule has 1 N–H and O–H groups in total. The first-order valence-corrected chi connectivity index (χ1v) is 2.86. The molecule has 0 aliphatic heterocycles. The van der Waals surface area contributed by atoms with Crippen LogP contribution in [0.25, 0.3) is 0 Å². The lowest BCUT2D eigenvalue weighted by Crippen LogP contribution is -2.17. The van der Waals surface area contributed by atoms with Gasteiger partial charge in [-0.1, -0.05) is 0 Å². The van der Waals surface area contributed by atoms with Gasteiger partial charge < -0.3 is 9.73 Å². The van der Waals surface area contributed by atoms with Crippen molar-refractivity contribution in [2.24, 2.45) is 0 Å². The lowest BCUT2D eigenvalue weighted by atomic mass is 10.2. The van der Waals surface area contributed by atoms with E-state index in [1.807, 2.05) is 0 Å². The van der Waals surface area contributed by atoms with Crippen LogP contribution >= 0.6 is 0 Å². The van der Waals surface area contributed by atoms with Crippen LogP contribution < -0.4 is 5.32 Å². The van der Waals surface area contributed by atoms with E-state index in [1.54, 1.807) is 7.05 Å². The standard InChI is InChI=1S/C7H8NO2/c1-5-3-10-4-6(5)7(9)8-2/h3-4H,1H2,2H3,(H,8,9). The van der Waals surface area contributed by atoms with Crippen LogP contribution in [0.4, 0.5) is 0 Å². The van der Waals surface area contributed by atoms with Gasteiger partial charge in [0.05, 0.1) is 11.8 Å². The molecule has 0 atom stereocenters. The molecule has 0 fully saturated rings. The van der Waals surface area contributed by atoms with Crippen molar-refractivity contribution >= 4 is 5.91 Å². The zero-order chi connectivity index (χ0) is 7.56. The quantitative estimate of drug-likeness (QED) is 0.624. The average molecular weight is 138 g/mol. The summed E-state index contributed by atoms with van der Waals surface area (Å²) < 4.78 is 4.74. The Balaban J connectivity index is 2.93. The van der Waals surface area contributed by atoms with Crippen LogP contribution in [0, 0.1) is 6.92 Å². The minimum Gasteiger partial charge on any atom is -0.471 e. The van der Waals surface area contributed by atoms with Gasteiger partial charge in [-0.3, -0.25) is 4.79 Å². The van der Waals surface area contributed by atoms with Gasteiger partial charge in [-0.05, 0) is 6.92 Å². The topological polar surface area (TPSA) is 42.2 Å². The lowest BCUT2D eigenvalue weighted by Gasteiger charge is -1.93. The number of hydrogen-bond donors (Lipinski definition) is 1. The second-order valence-corrected chi connectivity index (χ2v) is 1.89. The second kappa shape index (κ2) is 2.56. The van der Waals surface area contributed by atoms with Crippen molar-refractivity contribution in [2.75, 3.05) is 7.05 Å². The predicted octanol–water partition coefficient (Wildman–Crippen LogP) is 0.821. The summed E-state index contributed by atoms with van der Waals surface area (Å²) in [5, 5.41) is 2.47. The summed E-state index contributed by atoms with van der Waals surface area (Å²) in [7, 11) is 1.56. The van der Waals surface area contributed by atoms with Gasteiger partial charge in [0.15, 0.2) is 0 Å². The summed E-state index contributed by atoms with van der Waals surface area (Å²) in [5.74, 6) is -0.168. The van der Waals surface area contributed by atoms with Crippen molar-refractivity contribution in [2.45, 2.75) is 0 Å². The molecular formula is C7H8NO2. The molecule has 1 radical (unpaired) electrons. The Bertz CT molecular complexity index is 240. The lowest BCUT2D eigenvalue weighted by molar-refractivity contribution is 0.0962. The molecule has 53 valence electrons. The van der Waals surface area contributed by atoms with Crippen LogP contribution in [0.3, 0.4) is 0 Å². The molecule has 1 heterocycles. The number of nitrogens with one attached hydrogen (secondary N) is 1. The maximum atomic E-state index is 10.9. The molecule has 0 aliphatic rings. The molecule has 3 nitrogen and oxygen atoms in total. The minimum atomic E-state index is -0.168. The number of amides is 1. The van der Waals surface area contributed by atoms with Gasteiger partial charge in [0.25, 0.3) is 5.91 Å². The van der Waals surface area contributed by atoms with Gasteiger partial charge in [0, 0.05) is 12.6 Å². The Morgan fingerprint density at radius 2 is 2.40 bits per heavy atom. The van der Waals surface area contributed by atoms with Gasteiger partial charge >= 0.3 is 0 Å². The van der Waals surface area contributed by atoms with E-state index in [2.05, 4.69) is 12.2 Å². The largest absolute Gasteiger partial charge is 0.471 e. The van der Waals surface area contributed by atoms with E-state index in [-0.39, 0.29) is 5.91 Å². The van der Waals surface area contributed by atoms with E-state index in [0.29, 0.717) is 11.1 Å². The zero-order valence-corrected chi connectivity index (χ0v) is 5.68. The van der Waals surface area contributed by atoms with Crippen LogP contribution in [0.1, 0.15) is 15.9 Å². The van der Waals surface area contributed by atoms with Gasteiger partial charge in [-0.15, -0.1) is 0 Å². The highest BCUT2D eigenvalue weighted by molar-refractivity contribution is 5.95.